The zero-order valence-electron chi connectivity index (χ0n) is 9.07. The molecule has 0 bridgehead atoms. The van der Waals surface area contributed by atoms with Gasteiger partial charge in [-0.15, -0.1) is 22.7 Å². The van der Waals surface area contributed by atoms with Crippen molar-refractivity contribution >= 4 is 47.1 Å². The van der Waals surface area contributed by atoms with Crippen LogP contribution >= 0.6 is 47.1 Å². The molecule has 0 aliphatic rings. The van der Waals surface area contributed by atoms with Gasteiger partial charge in [0.25, 0.3) is 11.1 Å². The highest BCUT2D eigenvalue weighted by atomic mass is 32.2. The van der Waals surface area contributed by atoms with Gasteiger partial charge in [-0.1, -0.05) is 0 Å². The molecule has 0 unspecified atom stereocenters. The summed E-state index contributed by atoms with van der Waals surface area (Å²) >= 11 is 12.8. The number of rotatable bonds is 3. The first-order valence-electron chi connectivity index (χ1n) is 4.97. The quantitative estimate of drug-likeness (QED) is 0.815. The Balaban J connectivity index is 2.34. The Hall–Kier alpha value is -0.960. The summed E-state index contributed by atoms with van der Waals surface area (Å²) < 4.78 is 3.94. The first kappa shape index (κ1) is 13.5. The smallest absolute Gasteiger partial charge is 0.253 e. The van der Waals surface area contributed by atoms with E-state index in [2.05, 4.69) is 0 Å². The highest BCUT2D eigenvalue weighted by Crippen LogP contribution is 2.00. The molecule has 0 aromatic carbocycles. The molecule has 0 saturated carbocycles. The van der Waals surface area contributed by atoms with Crippen LogP contribution in [0, 0.1) is 7.91 Å². The summed E-state index contributed by atoms with van der Waals surface area (Å²) in [7, 11) is 0. The van der Waals surface area contributed by atoms with Gasteiger partial charge in [0.15, 0.2) is 7.91 Å². The summed E-state index contributed by atoms with van der Waals surface area (Å²) in [6, 6.07) is 2.93. The summed E-state index contributed by atoms with van der Waals surface area (Å²) in [5.74, 6) is 0. The van der Waals surface area contributed by atoms with Crippen LogP contribution < -0.4 is 11.1 Å². The molecule has 0 aliphatic carbocycles. The van der Waals surface area contributed by atoms with E-state index in [1.165, 1.54) is 43.9 Å². The molecule has 0 radical (unpaired) electrons. The third kappa shape index (κ3) is 2.89. The Kier molecular flexibility index (Phi) is 4.33. The average Bonchev–Trinajstić information content (AvgIpc) is 2.31. The van der Waals surface area contributed by atoms with Crippen LogP contribution in [0.2, 0.25) is 0 Å². The molecule has 0 spiro atoms. The van der Waals surface area contributed by atoms with E-state index in [1.54, 1.807) is 10.8 Å². The molecule has 2 rings (SSSR count). The maximum absolute atomic E-state index is 11.6. The van der Waals surface area contributed by atoms with E-state index < -0.39 is 0 Å². The molecule has 0 N–H and O–H groups in total. The largest absolute Gasteiger partial charge is 0.289 e. The zero-order chi connectivity index (χ0) is 13.1. The lowest BCUT2D eigenvalue weighted by atomic mass is 10.5. The highest BCUT2D eigenvalue weighted by molar-refractivity contribution is 7.73. The molecular weight excluding hydrogens is 308 g/mol. The van der Waals surface area contributed by atoms with Gasteiger partial charge in [-0.2, -0.15) is 0 Å². The van der Waals surface area contributed by atoms with Crippen LogP contribution in [0.15, 0.2) is 32.5 Å². The molecule has 0 fully saturated rings. The van der Waals surface area contributed by atoms with Gasteiger partial charge in [0.05, 0.1) is 0 Å². The van der Waals surface area contributed by atoms with Gasteiger partial charge in [-0.25, -0.2) is 0 Å². The first-order valence-corrected chi connectivity index (χ1v) is 7.54. The predicted molar refractivity (Wildman–Crippen MR) is 78.8 cm³/mol. The van der Waals surface area contributed by atoms with Crippen molar-refractivity contribution in [1.82, 2.24) is 9.13 Å². The van der Waals surface area contributed by atoms with Crippen LogP contribution in [0.4, 0.5) is 0 Å². The fourth-order valence-electron chi connectivity index (χ4n) is 1.39. The molecule has 0 aliphatic heterocycles. The summed E-state index contributed by atoms with van der Waals surface area (Å²) in [6.45, 7) is 0.713. The van der Waals surface area contributed by atoms with Crippen molar-refractivity contribution < 1.29 is 0 Å². The fraction of sp³-hybridized carbons (Fsp3) is 0.200. The summed E-state index contributed by atoms with van der Waals surface area (Å²) in [6.07, 6.45) is 0. The molecule has 18 heavy (non-hydrogen) atoms. The minimum absolute atomic E-state index is 0.155. The van der Waals surface area contributed by atoms with Crippen LogP contribution in [0.3, 0.4) is 0 Å². The highest BCUT2D eigenvalue weighted by Gasteiger charge is 2.01. The lowest BCUT2D eigenvalue weighted by Crippen LogP contribution is -2.26. The lowest BCUT2D eigenvalue weighted by Gasteiger charge is -2.06. The van der Waals surface area contributed by atoms with Crippen LogP contribution in [0.25, 0.3) is 0 Å². The number of aromatic nitrogens is 2. The first-order chi connectivity index (χ1) is 8.59. The second kappa shape index (κ2) is 5.79. The average molecular weight is 316 g/mol. The number of hydrogen-bond donors (Lipinski definition) is 0. The van der Waals surface area contributed by atoms with E-state index in [1.807, 2.05) is 0 Å². The summed E-state index contributed by atoms with van der Waals surface area (Å²) in [5.41, 5.74) is -0.311. The Morgan fingerprint density at radius 2 is 1.28 bits per heavy atom. The van der Waals surface area contributed by atoms with Crippen molar-refractivity contribution in [1.29, 1.82) is 0 Å². The molecule has 0 amide bonds. The Morgan fingerprint density at radius 1 is 0.889 bits per heavy atom. The second-order valence-electron chi connectivity index (χ2n) is 3.35. The van der Waals surface area contributed by atoms with E-state index in [-0.39, 0.29) is 11.1 Å². The van der Waals surface area contributed by atoms with E-state index in [0.717, 1.165) is 0 Å². The van der Waals surface area contributed by atoms with Gasteiger partial charge in [0.2, 0.25) is 0 Å². The van der Waals surface area contributed by atoms with Crippen molar-refractivity contribution in [3.8, 4) is 0 Å². The SMILES string of the molecule is O=c1ccsc(=S)n1CCn1c(=O)ccsc1=S. The van der Waals surface area contributed by atoms with Gasteiger partial charge in [-0.3, -0.25) is 18.7 Å². The molecule has 2 aromatic rings. The normalized spacial score (nSPS) is 10.4. The van der Waals surface area contributed by atoms with Crippen molar-refractivity contribution in [2.75, 3.05) is 0 Å². The van der Waals surface area contributed by atoms with Gasteiger partial charge >= 0.3 is 0 Å². The van der Waals surface area contributed by atoms with Gasteiger partial charge in [-0.05, 0) is 35.2 Å². The van der Waals surface area contributed by atoms with E-state index in [9.17, 15) is 9.59 Å². The summed E-state index contributed by atoms with van der Waals surface area (Å²) in [5, 5.41) is 3.33. The second-order valence-corrected chi connectivity index (χ2v) is 6.43. The predicted octanol–water partition coefficient (Wildman–Crippen LogP) is 2.29. The molecular formula is C10H8N2O2S4. The molecule has 2 aromatic heterocycles. The Labute approximate surface area is 120 Å². The van der Waals surface area contributed by atoms with Crippen LogP contribution in [-0.4, -0.2) is 9.13 Å². The van der Waals surface area contributed by atoms with Crippen LogP contribution in [-0.2, 0) is 13.1 Å². The van der Waals surface area contributed by atoms with Gasteiger partial charge in [0, 0.05) is 25.2 Å². The number of nitrogens with zero attached hydrogens (tertiary/aromatic N) is 2. The van der Waals surface area contributed by atoms with E-state index in [4.69, 9.17) is 24.4 Å². The minimum Gasteiger partial charge on any atom is -0.289 e. The van der Waals surface area contributed by atoms with Crippen LogP contribution in [0.5, 0.6) is 0 Å². The van der Waals surface area contributed by atoms with E-state index >= 15 is 0 Å². The van der Waals surface area contributed by atoms with E-state index in [0.29, 0.717) is 21.0 Å². The fourth-order valence-corrected chi connectivity index (χ4v) is 3.31. The lowest BCUT2D eigenvalue weighted by molar-refractivity contribution is 0.553. The monoisotopic (exact) mass is 316 g/mol. The molecule has 8 heteroatoms. The summed E-state index contributed by atoms with van der Waals surface area (Å²) in [4.78, 5) is 23.2. The van der Waals surface area contributed by atoms with Crippen molar-refractivity contribution in [3.05, 3.63) is 51.5 Å². The van der Waals surface area contributed by atoms with Gasteiger partial charge < -0.3 is 0 Å². The Morgan fingerprint density at radius 3 is 1.61 bits per heavy atom. The maximum Gasteiger partial charge on any atom is 0.253 e. The van der Waals surface area contributed by atoms with Gasteiger partial charge in [0.1, 0.15) is 0 Å². The third-order valence-electron chi connectivity index (χ3n) is 2.28. The third-order valence-corrected chi connectivity index (χ3v) is 4.69. The van der Waals surface area contributed by atoms with Crippen molar-refractivity contribution in [2.45, 2.75) is 13.1 Å². The molecule has 4 nitrogen and oxygen atoms in total. The van der Waals surface area contributed by atoms with Crippen LogP contribution in [0.1, 0.15) is 0 Å². The topological polar surface area (TPSA) is 44.0 Å². The minimum atomic E-state index is -0.155. The standard InChI is InChI=1S/C10H8N2O2S4/c13-7-1-5-17-9(15)11(7)3-4-12-8(14)2-6-18-10(12)16/h1-2,5-6H,3-4H2. The molecule has 94 valence electrons. The number of hydrogen-bond acceptors (Lipinski definition) is 6. The van der Waals surface area contributed by atoms with Crippen molar-refractivity contribution in [3.63, 3.8) is 0 Å². The zero-order valence-corrected chi connectivity index (χ0v) is 12.3. The van der Waals surface area contributed by atoms with Crippen molar-refractivity contribution in [2.24, 2.45) is 0 Å². The Bertz CT molecular complexity index is 659. The maximum atomic E-state index is 11.6. The molecule has 2 heterocycles. The molecule has 0 saturated heterocycles. The molecule has 0 atom stereocenters.